The normalized spacial score (nSPS) is 14.2. The van der Waals surface area contributed by atoms with Crippen molar-refractivity contribution in [3.63, 3.8) is 0 Å². The van der Waals surface area contributed by atoms with Gasteiger partial charge in [0.25, 0.3) is 0 Å². The largest absolute Gasteiger partial charge is 0.493 e. The lowest BCUT2D eigenvalue weighted by molar-refractivity contribution is 0.322. The quantitative estimate of drug-likeness (QED) is 0.825. The summed E-state index contributed by atoms with van der Waals surface area (Å²) < 4.78 is 16.5. The molecular formula is C16H22O3. The molecule has 0 unspecified atom stereocenters. The second kappa shape index (κ2) is 6.00. The van der Waals surface area contributed by atoms with Gasteiger partial charge in [-0.3, -0.25) is 0 Å². The van der Waals surface area contributed by atoms with Gasteiger partial charge in [-0.25, -0.2) is 0 Å². The summed E-state index contributed by atoms with van der Waals surface area (Å²) in [5.41, 5.74) is 3.85. The highest BCUT2D eigenvalue weighted by atomic mass is 16.5. The first-order valence-electron chi connectivity index (χ1n) is 6.78. The fourth-order valence-electron chi connectivity index (χ4n) is 2.75. The fourth-order valence-corrected chi connectivity index (χ4v) is 2.75. The molecule has 0 N–H and O–H groups in total. The number of fused-ring (bicyclic) bond motifs is 1. The smallest absolute Gasteiger partial charge is 0.203 e. The van der Waals surface area contributed by atoms with Gasteiger partial charge >= 0.3 is 0 Å². The van der Waals surface area contributed by atoms with E-state index in [2.05, 4.69) is 19.1 Å². The van der Waals surface area contributed by atoms with Gasteiger partial charge in [0.05, 0.1) is 21.3 Å². The Morgan fingerprint density at radius 3 is 2.37 bits per heavy atom. The number of hydrogen-bond acceptors (Lipinski definition) is 3. The van der Waals surface area contributed by atoms with Crippen LogP contribution in [0.1, 0.15) is 37.3 Å². The molecule has 0 fully saturated rings. The van der Waals surface area contributed by atoms with Gasteiger partial charge in [0.1, 0.15) is 0 Å². The maximum absolute atomic E-state index is 5.59. The average molecular weight is 262 g/mol. The van der Waals surface area contributed by atoms with Crippen LogP contribution in [0.3, 0.4) is 0 Å². The minimum atomic E-state index is 0.695. The molecule has 19 heavy (non-hydrogen) atoms. The third-order valence-corrected chi connectivity index (χ3v) is 3.68. The van der Waals surface area contributed by atoms with Crippen molar-refractivity contribution < 1.29 is 14.2 Å². The Morgan fingerprint density at radius 1 is 1.05 bits per heavy atom. The van der Waals surface area contributed by atoms with Gasteiger partial charge in [-0.15, -0.1) is 0 Å². The summed E-state index contributed by atoms with van der Waals surface area (Å²) in [6.07, 6.45) is 6.62. The van der Waals surface area contributed by atoms with Crippen LogP contribution in [0.25, 0.3) is 5.57 Å². The van der Waals surface area contributed by atoms with E-state index in [9.17, 15) is 0 Å². The van der Waals surface area contributed by atoms with E-state index in [0.29, 0.717) is 5.75 Å². The molecule has 0 amide bonds. The fraction of sp³-hybridized carbons (Fsp3) is 0.500. The van der Waals surface area contributed by atoms with Gasteiger partial charge in [-0.1, -0.05) is 13.0 Å². The molecule has 0 saturated carbocycles. The van der Waals surface area contributed by atoms with Crippen molar-refractivity contribution in [1.29, 1.82) is 0 Å². The van der Waals surface area contributed by atoms with E-state index in [1.807, 2.05) is 0 Å². The second-order valence-corrected chi connectivity index (χ2v) is 4.65. The van der Waals surface area contributed by atoms with E-state index in [4.69, 9.17) is 14.2 Å². The van der Waals surface area contributed by atoms with E-state index in [-0.39, 0.29) is 0 Å². The van der Waals surface area contributed by atoms with Gasteiger partial charge in [-0.05, 0) is 42.9 Å². The minimum Gasteiger partial charge on any atom is -0.493 e. The highest BCUT2D eigenvalue weighted by Gasteiger charge is 2.22. The van der Waals surface area contributed by atoms with Gasteiger partial charge in [0.2, 0.25) is 5.75 Å². The topological polar surface area (TPSA) is 27.7 Å². The summed E-state index contributed by atoms with van der Waals surface area (Å²) >= 11 is 0. The molecule has 2 rings (SSSR count). The van der Waals surface area contributed by atoms with Crippen LogP contribution in [0.5, 0.6) is 17.2 Å². The first kappa shape index (κ1) is 13.8. The van der Waals surface area contributed by atoms with Crippen molar-refractivity contribution in [2.24, 2.45) is 0 Å². The van der Waals surface area contributed by atoms with Crippen LogP contribution in [0.2, 0.25) is 0 Å². The zero-order chi connectivity index (χ0) is 13.8. The van der Waals surface area contributed by atoms with Crippen LogP contribution in [-0.4, -0.2) is 21.3 Å². The number of benzene rings is 1. The van der Waals surface area contributed by atoms with Gasteiger partial charge in [0, 0.05) is 5.56 Å². The van der Waals surface area contributed by atoms with Crippen molar-refractivity contribution in [1.82, 2.24) is 0 Å². The van der Waals surface area contributed by atoms with Crippen molar-refractivity contribution >= 4 is 5.57 Å². The van der Waals surface area contributed by atoms with Crippen molar-refractivity contribution in [2.45, 2.75) is 32.6 Å². The highest BCUT2D eigenvalue weighted by Crippen LogP contribution is 2.45. The van der Waals surface area contributed by atoms with Gasteiger partial charge in [-0.2, -0.15) is 0 Å². The van der Waals surface area contributed by atoms with Crippen molar-refractivity contribution in [3.05, 3.63) is 23.3 Å². The zero-order valence-electron chi connectivity index (χ0n) is 12.2. The highest BCUT2D eigenvalue weighted by molar-refractivity contribution is 5.75. The molecule has 0 spiro atoms. The maximum atomic E-state index is 5.59. The van der Waals surface area contributed by atoms with E-state index in [1.165, 1.54) is 16.7 Å². The lowest BCUT2D eigenvalue weighted by atomic mass is 9.95. The Kier molecular flexibility index (Phi) is 4.35. The van der Waals surface area contributed by atoms with Crippen molar-refractivity contribution in [2.75, 3.05) is 21.3 Å². The summed E-state index contributed by atoms with van der Waals surface area (Å²) in [6, 6.07) is 2.08. The molecule has 0 bridgehead atoms. The van der Waals surface area contributed by atoms with Crippen LogP contribution < -0.4 is 14.2 Å². The van der Waals surface area contributed by atoms with Crippen LogP contribution in [0.4, 0.5) is 0 Å². The molecule has 0 aromatic heterocycles. The molecule has 0 aliphatic heterocycles. The van der Waals surface area contributed by atoms with Crippen LogP contribution >= 0.6 is 0 Å². The molecule has 3 nitrogen and oxygen atoms in total. The SMILES string of the molecule is CCC1=CCCCc2c1cc(OC)c(OC)c2OC. The predicted octanol–water partition coefficient (Wildman–Crippen LogP) is 3.84. The van der Waals surface area contributed by atoms with E-state index < -0.39 is 0 Å². The molecule has 0 atom stereocenters. The molecule has 0 radical (unpaired) electrons. The average Bonchev–Trinajstić information content (AvgIpc) is 2.66. The third kappa shape index (κ3) is 2.42. The first-order valence-corrected chi connectivity index (χ1v) is 6.78. The second-order valence-electron chi connectivity index (χ2n) is 4.65. The Labute approximate surface area is 115 Å². The number of ether oxygens (including phenoxy) is 3. The molecule has 3 heteroatoms. The molecule has 104 valence electrons. The molecule has 0 saturated heterocycles. The summed E-state index contributed by atoms with van der Waals surface area (Å²) in [7, 11) is 5.01. The Morgan fingerprint density at radius 2 is 1.79 bits per heavy atom. The Hall–Kier alpha value is -1.64. The van der Waals surface area contributed by atoms with Crippen LogP contribution in [0, 0.1) is 0 Å². The molecule has 1 aromatic carbocycles. The first-order chi connectivity index (χ1) is 9.26. The monoisotopic (exact) mass is 262 g/mol. The van der Waals surface area contributed by atoms with E-state index in [0.717, 1.165) is 37.2 Å². The summed E-state index contributed by atoms with van der Waals surface area (Å²) in [6.45, 7) is 2.18. The molecule has 1 aliphatic rings. The molecule has 1 aromatic rings. The summed E-state index contributed by atoms with van der Waals surface area (Å²) in [4.78, 5) is 0. The van der Waals surface area contributed by atoms with E-state index in [1.54, 1.807) is 21.3 Å². The summed E-state index contributed by atoms with van der Waals surface area (Å²) in [5.74, 6) is 2.25. The third-order valence-electron chi connectivity index (χ3n) is 3.68. The van der Waals surface area contributed by atoms with Crippen LogP contribution in [0.15, 0.2) is 12.1 Å². The lowest BCUT2D eigenvalue weighted by Gasteiger charge is -2.19. The Bertz CT molecular complexity index is 489. The van der Waals surface area contributed by atoms with Crippen LogP contribution in [-0.2, 0) is 6.42 Å². The zero-order valence-corrected chi connectivity index (χ0v) is 12.2. The molecule has 1 aliphatic carbocycles. The minimum absolute atomic E-state index is 0.695. The van der Waals surface area contributed by atoms with Gasteiger partial charge in [0.15, 0.2) is 11.5 Å². The van der Waals surface area contributed by atoms with Gasteiger partial charge < -0.3 is 14.2 Å². The number of allylic oxidation sites excluding steroid dienone is 2. The molecule has 0 heterocycles. The Balaban J connectivity index is 2.70. The number of hydrogen-bond donors (Lipinski definition) is 0. The van der Waals surface area contributed by atoms with Crippen molar-refractivity contribution in [3.8, 4) is 17.2 Å². The molecular weight excluding hydrogens is 240 g/mol. The summed E-state index contributed by atoms with van der Waals surface area (Å²) in [5, 5.41) is 0. The maximum Gasteiger partial charge on any atom is 0.203 e. The standard InChI is InChI=1S/C16H22O3/c1-5-11-8-6-7-9-12-13(11)10-14(17-2)16(19-4)15(12)18-3/h8,10H,5-7,9H2,1-4H3. The lowest BCUT2D eigenvalue weighted by Crippen LogP contribution is -2.02. The number of methoxy groups -OCH3 is 3. The van der Waals surface area contributed by atoms with E-state index >= 15 is 0 Å². The predicted molar refractivity (Wildman–Crippen MR) is 77.3 cm³/mol. The number of rotatable bonds is 4.